The molecule has 1 aliphatic heterocycles. The molecule has 1 aliphatic rings. The van der Waals surface area contributed by atoms with Gasteiger partial charge in [-0.15, -0.1) is 0 Å². The Kier molecular flexibility index (Phi) is 6.73. The molecule has 0 unspecified atom stereocenters. The highest BCUT2D eigenvalue weighted by Gasteiger charge is 2.71. The zero-order valence-electron chi connectivity index (χ0n) is 16.8. The summed E-state index contributed by atoms with van der Waals surface area (Å²) >= 11 is 0. The Labute approximate surface area is 180 Å². The van der Waals surface area contributed by atoms with Gasteiger partial charge in [-0.2, -0.15) is 26.3 Å². The molecule has 32 heavy (non-hydrogen) atoms. The Morgan fingerprint density at radius 3 is 1.62 bits per heavy atom. The van der Waals surface area contributed by atoms with Gasteiger partial charge in [0.2, 0.25) is 0 Å². The highest BCUT2D eigenvalue weighted by atomic mass is 19.4. The maximum atomic E-state index is 13.6. The lowest BCUT2D eigenvalue weighted by Gasteiger charge is -2.35. The summed E-state index contributed by atoms with van der Waals surface area (Å²) in [5.74, 6) is -0.479. The van der Waals surface area contributed by atoms with Crippen LogP contribution in [0.4, 0.5) is 36.4 Å². The van der Waals surface area contributed by atoms with E-state index in [-0.39, 0.29) is 5.69 Å². The standard InChI is InChI=1S/C21H22F7N3O/c22-17-11-15(3-6-18(17)29)13-31-9-7-30(8-10-31)12-14-1-4-16(5-2-14)19(32,20(23,24)25)21(26,27)28/h1-6,11,32H,7-10,12-13,29H2. The van der Waals surface area contributed by atoms with E-state index in [1.807, 2.05) is 4.90 Å². The van der Waals surface area contributed by atoms with Gasteiger partial charge in [-0.1, -0.05) is 30.3 Å². The van der Waals surface area contributed by atoms with Crippen LogP contribution < -0.4 is 5.73 Å². The number of aliphatic hydroxyl groups is 1. The second kappa shape index (κ2) is 8.87. The molecule has 0 aromatic heterocycles. The molecule has 4 nitrogen and oxygen atoms in total. The summed E-state index contributed by atoms with van der Waals surface area (Å²) in [4.78, 5) is 4.12. The molecular formula is C21H22F7N3O. The molecule has 3 N–H and O–H groups in total. The Bertz CT molecular complexity index is 906. The fraction of sp³-hybridized carbons (Fsp3) is 0.429. The number of alkyl halides is 6. The molecule has 1 fully saturated rings. The molecule has 11 heteroatoms. The molecule has 1 saturated heterocycles. The lowest BCUT2D eigenvalue weighted by Crippen LogP contribution is -2.53. The van der Waals surface area contributed by atoms with Crippen molar-refractivity contribution in [1.82, 2.24) is 9.80 Å². The average molecular weight is 465 g/mol. The largest absolute Gasteiger partial charge is 0.430 e. The highest BCUT2D eigenvalue weighted by Crippen LogP contribution is 2.49. The summed E-state index contributed by atoms with van der Waals surface area (Å²) < 4.78 is 91.5. The molecule has 0 spiro atoms. The van der Waals surface area contributed by atoms with Crippen LogP contribution in [0.2, 0.25) is 0 Å². The van der Waals surface area contributed by atoms with Crippen LogP contribution in [0.3, 0.4) is 0 Å². The summed E-state index contributed by atoms with van der Waals surface area (Å²) in [6.07, 6.45) is -11.8. The zero-order chi connectivity index (χ0) is 23.7. The van der Waals surface area contributed by atoms with Crippen LogP contribution in [-0.4, -0.2) is 53.4 Å². The lowest BCUT2D eigenvalue weighted by atomic mass is 9.91. The van der Waals surface area contributed by atoms with Crippen LogP contribution in [-0.2, 0) is 18.7 Å². The second-order valence-corrected chi connectivity index (χ2v) is 7.81. The van der Waals surface area contributed by atoms with Gasteiger partial charge in [-0.3, -0.25) is 9.80 Å². The quantitative estimate of drug-likeness (QED) is 0.517. The maximum Gasteiger partial charge on any atom is 0.430 e. The van der Waals surface area contributed by atoms with Gasteiger partial charge >= 0.3 is 12.4 Å². The number of halogens is 7. The van der Waals surface area contributed by atoms with E-state index >= 15 is 0 Å². The Morgan fingerprint density at radius 1 is 0.750 bits per heavy atom. The molecule has 0 radical (unpaired) electrons. The van der Waals surface area contributed by atoms with Crippen molar-refractivity contribution in [2.45, 2.75) is 31.0 Å². The van der Waals surface area contributed by atoms with Crippen LogP contribution in [0.1, 0.15) is 16.7 Å². The molecule has 0 bridgehead atoms. The van der Waals surface area contributed by atoms with E-state index < -0.39 is 29.3 Å². The Hall–Kier alpha value is -2.37. The molecule has 0 atom stereocenters. The third kappa shape index (κ3) is 5.00. The number of nitrogens with zero attached hydrogens (tertiary/aromatic N) is 2. The van der Waals surface area contributed by atoms with Gasteiger partial charge in [0, 0.05) is 44.8 Å². The van der Waals surface area contributed by atoms with Crippen molar-refractivity contribution < 1.29 is 35.8 Å². The van der Waals surface area contributed by atoms with E-state index in [1.54, 1.807) is 6.07 Å². The third-order valence-electron chi connectivity index (χ3n) is 5.53. The molecule has 0 saturated carbocycles. The number of nitrogen functional groups attached to an aromatic ring is 1. The van der Waals surface area contributed by atoms with Gasteiger partial charge in [0.1, 0.15) is 5.82 Å². The summed E-state index contributed by atoms with van der Waals surface area (Å²) in [6, 6.07) is 8.25. The summed E-state index contributed by atoms with van der Waals surface area (Å²) in [6.45, 7) is 3.43. The summed E-state index contributed by atoms with van der Waals surface area (Å²) in [7, 11) is 0. The number of anilines is 1. The van der Waals surface area contributed by atoms with Crippen molar-refractivity contribution in [1.29, 1.82) is 0 Å². The van der Waals surface area contributed by atoms with E-state index in [0.29, 0.717) is 57.0 Å². The fourth-order valence-electron chi connectivity index (χ4n) is 3.63. The lowest BCUT2D eigenvalue weighted by molar-refractivity contribution is -0.376. The smallest absolute Gasteiger partial charge is 0.396 e. The Morgan fingerprint density at radius 2 is 1.19 bits per heavy atom. The minimum atomic E-state index is -5.91. The van der Waals surface area contributed by atoms with Crippen LogP contribution >= 0.6 is 0 Å². The van der Waals surface area contributed by atoms with E-state index in [2.05, 4.69) is 4.90 Å². The van der Waals surface area contributed by atoms with Crippen molar-refractivity contribution in [3.05, 3.63) is 65.0 Å². The van der Waals surface area contributed by atoms with E-state index in [9.17, 15) is 35.8 Å². The number of nitrogens with two attached hydrogens (primary N) is 1. The van der Waals surface area contributed by atoms with Crippen LogP contribution in [0, 0.1) is 5.82 Å². The van der Waals surface area contributed by atoms with Gasteiger partial charge in [-0.25, -0.2) is 4.39 Å². The molecule has 1 heterocycles. The van der Waals surface area contributed by atoms with E-state index in [4.69, 9.17) is 5.73 Å². The normalized spacial score (nSPS) is 17.0. The predicted octanol–water partition coefficient (Wildman–Crippen LogP) is 4.04. The minimum Gasteiger partial charge on any atom is -0.396 e. The fourth-order valence-corrected chi connectivity index (χ4v) is 3.63. The number of rotatable bonds is 5. The first-order chi connectivity index (χ1) is 14.8. The average Bonchev–Trinajstić information content (AvgIpc) is 2.70. The van der Waals surface area contributed by atoms with Gasteiger partial charge in [0.15, 0.2) is 0 Å². The predicted molar refractivity (Wildman–Crippen MR) is 104 cm³/mol. The van der Waals surface area contributed by atoms with Gasteiger partial charge in [0.25, 0.3) is 5.60 Å². The number of piperazine rings is 1. The summed E-state index contributed by atoms with van der Waals surface area (Å²) in [5, 5.41) is 9.45. The molecule has 0 amide bonds. The first-order valence-electron chi connectivity index (χ1n) is 9.75. The summed E-state index contributed by atoms with van der Waals surface area (Å²) in [5.41, 5.74) is 0.648. The van der Waals surface area contributed by atoms with Crippen LogP contribution in [0.5, 0.6) is 0 Å². The maximum absolute atomic E-state index is 13.6. The first-order valence-corrected chi connectivity index (χ1v) is 9.75. The molecule has 3 rings (SSSR count). The minimum absolute atomic E-state index is 0.0773. The van der Waals surface area contributed by atoms with Crippen LogP contribution in [0.25, 0.3) is 0 Å². The van der Waals surface area contributed by atoms with Gasteiger partial charge in [-0.05, 0) is 23.3 Å². The molecule has 2 aromatic rings. The monoisotopic (exact) mass is 465 g/mol. The van der Waals surface area contributed by atoms with Crippen molar-refractivity contribution in [3.63, 3.8) is 0 Å². The number of hydrogen-bond donors (Lipinski definition) is 2. The van der Waals surface area contributed by atoms with E-state index in [0.717, 1.165) is 17.7 Å². The third-order valence-corrected chi connectivity index (χ3v) is 5.53. The van der Waals surface area contributed by atoms with Crippen molar-refractivity contribution in [3.8, 4) is 0 Å². The number of hydrogen-bond acceptors (Lipinski definition) is 4. The van der Waals surface area contributed by atoms with Gasteiger partial charge < -0.3 is 10.8 Å². The second-order valence-electron chi connectivity index (χ2n) is 7.81. The first kappa shape index (κ1) is 24.3. The molecule has 0 aliphatic carbocycles. The van der Waals surface area contributed by atoms with Crippen molar-refractivity contribution in [2.24, 2.45) is 0 Å². The molecule has 176 valence electrons. The molecular weight excluding hydrogens is 443 g/mol. The van der Waals surface area contributed by atoms with Crippen molar-refractivity contribution in [2.75, 3.05) is 31.9 Å². The van der Waals surface area contributed by atoms with E-state index in [1.165, 1.54) is 12.1 Å². The Balaban J connectivity index is 1.59. The number of benzene rings is 2. The zero-order valence-corrected chi connectivity index (χ0v) is 16.8. The molecule has 2 aromatic carbocycles. The van der Waals surface area contributed by atoms with Crippen molar-refractivity contribution >= 4 is 5.69 Å². The van der Waals surface area contributed by atoms with Crippen LogP contribution in [0.15, 0.2) is 42.5 Å². The van der Waals surface area contributed by atoms with Gasteiger partial charge in [0.05, 0.1) is 5.69 Å². The topological polar surface area (TPSA) is 52.7 Å². The SMILES string of the molecule is Nc1ccc(CN2CCN(Cc3ccc(C(O)(C(F)(F)F)C(F)(F)F)cc3)CC2)cc1F. The highest BCUT2D eigenvalue weighted by molar-refractivity contribution is 5.41.